The molecule has 2 aromatic rings. The Morgan fingerprint density at radius 3 is 2.81 bits per heavy atom. The minimum atomic E-state index is -3.71. The van der Waals surface area contributed by atoms with Crippen molar-refractivity contribution < 1.29 is 27.8 Å². The number of anilines is 1. The van der Waals surface area contributed by atoms with Crippen molar-refractivity contribution in [2.45, 2.75) is 13.2 Å². The van der Waals surface area contributed by atoms with E-state index in [2.05, 4.69) is 9.47 Å². The van der Waals surface area contributed by atoms with E-state index < -0.39 is 6.29 Å². The molecule has 0 unspecified atom stereocenters. The van der Waals surface area contributed by atoms with E-state index in [0.29, 0.717) is 34.7 Å². The molecule has 0 N–H and O–H groups in total. The van der Waals surface area contributed by atoms with Crippen molar-refractivity contribution in [3.8, 4) is 17.2 Å². The second-order valence-corrected chi connectivity index (χ2v) is 5.88. The summed E-state index contributed by atoms with van der Waals surface area (Å²) in [5.74, 6) is 0.274. The van der Waals surface area contributed by atoms with Crippen LogP contribution in [0, 0.1) is 0 Å². The predicted molar refractivity (Wildman–Crippen MR) is 91.5 cm³/mol. The van der Waals surface area contributed by atoms with E-state index in [-0.39, 0.29) is 17.4 Å². The van der Waals surface area contributed by atoms with E-state index in [0.717, 1.165) is 0 Å². The monoisotopic (exact) mass is 359 g/mol. The number of hydrogen-bond acceptors (Lipinski definition) is 4. The van der Waals surface area contributed by atoms with E-state index in [1.165, 1.54) is 17.0 Å². The number of rotatable bonds is 3. The molecule has 0 aliphatic carbocycles. The third-order valence-electron chi connectivity index (χ3n) is 4.23. The second-order valence-electron chi connectivity index (χ2n) is 5.88. The third-order valence-corrected chi connectivity index (χ3v) is 4.23. The summed E-state index contributed by atoms with van der Waals surface area (Å²) in [6, 6.07) is 9.88. The lowest BCUT2D eigenvalue weighted by molar-refractivity contribution is -0.286. The Kier molecular flexibility index (Phi) is 3.61. The number of carbonyl (C=O) groups is 1. The molecule has 0 saturated carbocycles. The van der Waals surface area contributed by atoms with Crippen LogP contribution in [0.3, 0.4) is 0 Å². The number of nitrogens with zero attached hydrogens (tertiary/aromatic N) is 1. The highest BCUT2D eigenvalue weighted by Crippen LogP contribution is 2.46. The Hall–Kier alpha value is -3.09. The van der Waals surface area contributed by atoms with Crippen LogP contribution in [-0.4, -0.2) is 25.9 Å². The SMILES string of the molecule is CCOc1ccc2c(c1)N(C)C(=O)/C2=C/c1cccc2c1OC(F)(F)O2. The summed E-state index contributed by atoms with van der Waals surface area (Å²) in [5.41, 5.74) is 2.13. The Balaban J connectivity index is 1.79. The zero-order valence-electron chi connectivity index (χ0n) is 14.1. The number of amides is 1. The van der Waals surface area contributed by atoms with Gasteiger partial charge in [0.05, 0.1) is 12.3 Å². The van der Waals surface area contributed by atoms with E-state index in [4.69, 9.17) is 4.74 Å². The topological polar surface area (TPSA) is 48.0 Å². The van der Waals surface area contributed by atoms with Crippen molar-refractivity contribution >= 4 is 23.2 Å². The molecule has 0 atom stereocenters. The summed E-state index contributed by atoms with van der Waals surface area (Å²) in [6.45, 7) is 2.39. The van der Waals surface area contributed by atoms with Gasteiger partial charge < -0.3 is 19.1 Å². The van der Waals surface area contributed by atoms with Gasteiger partial charge in [-0.15, -0.1) is 8.78 Å². The lowest BCUT2D eigenvalue weighted by atomic mass is 10.0. The van der Waals surface area contributed by atoms with Crippen molar-refractivity contribution in [2.24, 2.45) is 0 Å². The molecule has 0 fully saturated rings. The summed E-state index contributed by atoms with van der Waals surface area (Å²) in [6.07, 6.45) is -2.17. The number of benzene rings is 2. The lowest BCUT2D eigenvalue weighted by Gasteiger charge is -2.10. The van der Waals surface area contributed by atoms with Crippen LogP contribution in [0.5, 0.6) is 17.2 Å². The zero-order valence-corrected chi connectivity index (χ0v) is 14.1. The van der Waals surface area contributed by atoms with Crippen LogP contribution in [0.25, 0.3) is 11.6 Å². The molecular weight excluding hydrogens is 344 g/mol. The van der Waals surface area contributed by atoms with E-state index in [9.17, 15) is 13.6 Å². The van der Waals surface area contributed by atoms with Crippen LogP contribution in [0.1, 0.15) is 18.1 Å². The summed E-state index contributed by atoms with van der Waals surface area (Å²) in [4.78, 5) is 14.2. The molecule has 134 valence electrons. The van der Waals surface area contributed by atoms with Gasteiger partial charge in [0.15, 0.2) is 11.5 Å². The molecule has 7 heteroatoms. The molecule has 0 aromatic heterocycles. The van der Waals surface area contributed by atoms with Crippen molar-refractivity contribution in [2.75, 3.05) is 18.6 Å². The van der Waals surface area contributed by atoms with Gasteiger partial charge in [-0.05, 0) is 31.2 Å². The number of para-hydroxylation sites is 1. The number of fused-ring (bicyclic) bond motifs is 2. The molecule has 26 heavy (non-hydrogen) atoms. The highest BCUT2D eigenvalue weighted by atomic mass is 19.3. The Morgan fingerprint density at radius 2 is 2.04 bits per heavy atom. The maximum atomic E-state index is 13.4. The molecule has 0 radical (unpaired) electrons. The maximum Gasteiger partial charge on any atom is 0.586 e. The first-order valence-electron chi connectivity index (χ1n) is 8.05. The molecule has 1 amide bonds. The largest absolute Gasteiger partial charge is 0.586 e. The maximum absolute atomic E-state index is 13.4. The van der Waals surface area contributed by atoms with Gasteiger partial charge in [0.2, 0.25) is 0 Å². The minimum Gasteiger partial charge on any atom is -0.494 e. The molecule has 0 saturated heterocycles. The van der Waals surface area contributed by atoms with Crippen LogP contribution in [0.15, 0.2) is 36.4 Å². The van der Waals surface area contributed by atoms with Crippen molar-refractivity contribution in [3.63, 3.8) is 0 Å². The quantitative estimate of drug-likeness (QED) is 0.780. The van der Waals surface area contributed by atoms with Crippen LogP contribution in [0.4, 0.5) is 14.5 Å². The highest BCUT2D eigenvalue weighted by Gasteiger charge is 2.44. The van der Waals surface area contributed by atoms with Gasteiger partial charge in [0.1, 0.15) is 5.75 Å². The summed E-state index contributed by atoms with van der Waals surface area (Å²) >= 11 is 0. The van der Waals surface area contributed by atoms with E-state index in [1.807, 2.05) is 6.92 Å². The summed E-state index contributed by atoms with van der Waals surface area (Å²) < 4.78 is 41.3. The average Bonchev–Trinajstić information content (AvgIpc) is 3.04. The fourth-order valence-electron chi connectivity index (χ4n) is 3.08. The summed E-state index contributed by atoms with van der Waals surface area (Å²) in [7, 11) is 1.65. The first-order chi connectivity index (χ1) is 12.4. The first kappa shape index (κ1) is 16.4. The molecule has 2 heterocycles. The molecular formula is C19H15F2NO4. The molecule has 2 aromatic carbocycles. The molecule has 5 nitrogen and oxygen atoms in total. The molecule has 2 aliphatic rings. The summed E-state index contributed by atoms with van der Waals surface area (Å²) in [5, 5.41) is 0. The van der Waals surface area contributed by atoms with Crippen molar-refractivity contribution in [3.05, 3.63) is 47.5 Å². The van der Waals surface area contributed by atoms with Crippen molar-refractivity contribution in [1.29, 1.82) is 0 Å². The smallest absolute Gasteiger partial charge is 0.494 e. The predicted octanol–water partition coefficient (Wildman–Crippen LogP) is 3.92. The number of alkyl halides is 2. The molecule has 2 aliphatic heterocycles. The van der Waals surface area contributed by atoms with Crippen LogP contribution < -0.4 is 19.1 Å². The lowest BCUT2D eigenvalue weighted by Crippen LogP contribution is -2.26. The Morgan fingerprint density at radius 1 is 1.23 bits per heavy atom. The fourth-order valence-corrected chi connectivity index (χ4v) is 3.08. The third kappa shape index (κ3) is 2.56. The first-order valence-corrected chi connectivity index (χ1v) is 8.05. The number of likely N-dealkylation sites (N-methyl/N-ethyl adjacent to an activating group) is 1. The normalized spacial score (nSPS) is 18.4. The standard InChI is InChI=1S/C19H15F2NO4/c1-3-24-12-7-8-13-14(18(23)22(2)15(13)10-12)9-11-5-4-6-16-17(11)26-19(20,21)25-16/h4-10H,3H2,1-2H3/b14-9+. The Bertz CT molecular complexity index is 939. The number of hydrogen-bond donors (Lipinski definition) is 0. The highest BCUT2D eigenvalue weighted by molar-refractivity contribution is 6.35. The molecule has 0 spiro atoms. The molecule has 4 rings (SSSR count). The number of carbonyl (C=O) groups excluding carboxylic acids is 1. The van der Waals surface area contributed by atoms with Crippen LogP contribution >= 0.6 is 0 Å². The van der Waals surface area contributed by atoms with E-state index >= 15 is 0 Å². The van der Waals surface area contributed by atoms with Gasteiger partial charge in [-0.3, -0.25) is 4.79 Å². The van der Waals surface area contributed by atoms with Gasteiger partial charge in [-0.1, -0.05) is 12.1 Å². The zero-order chi connectivity index (χ0) is 18.5. The van der Waals surface area contributed by atoms with Crippen molar-refractivity contribution in [1.82, 2.24) is 0 Å². The fraction of sp³-hybridized carbons (Fsp3) is 0.211. The van der Waals surface area contributed by atoms with Gasteiger partial charge in [-0.2, -0.15) is 0 Å². The van der Waals surface area contributed by atoms with Crippen LogP contribution in [-0.2, 0) is 4.79 Å². The van der Waals surface area contributed by atoms with E-state index in [1.54, 1.807) is 37.4 Å². The van der Waals surface area contributed by atoms with Gasteiger partial charge in [-0.25, -0.2) is 0 Å². The average molecular weight is 359 g/mol. The van der Waals surface area contributed by atoms with Gasteiger partial charge in [0, 0.05) is 29.8 Å². The molecule has 0 bridgehead atoms. The second kappa shape index (κ2) is 5.72. The van der Waals surface area contributed by atoms with Gasteiger partial charge in [0.25, 0.3) is 5.91 Å². The van der Waals surface area contributed by atoms with Crippen LogP contribution in [0.2, 0.25) is 0 Å². The minimum absolute atomic E-state index is 0.0601. The van der Waals surface area contributed by atoms with Gasteiger partial charge >= 0.3 is 6.29 Å². The Labute approximate surface area is 148 Å². The number of ether oxygens (including phenoxy) is 3. The number of halogens is 2.